The molecule has 0 amide bonds. The molecule has 1 saturated carbocycles. The van der Waals surface area contributed by atoms with Crippen LogP contribution in [0.15, 0.2) is 29.2 Å². The van der Waals surface area contributed by atoms with Crippen LogP contribution in [0.5, 0.6) is 0 Å². The molecule has 0 unspecified atom stereocenters. The second kappa shape index (κ2) is 5.74. The van der Waals surface area contributed by atoms with Crippen LogP contribution >= 0.6 is 0 Å². The molecule has 5 heteroatoms. The smallest absolute Gasteiger partial charge is 0.241 e. The van der Waals surface area contributed by atoms with Gasteiger partial charge in [-0.3, -0.25) is 0 Å². The molecule has 1 aromatic carbocycles. The van der Waals surface area contributed by atoms with Crippen LogP contribution in [-0.2, 0) is 10.0 Å². The van der Waals surface area contributed by atoms with E-state index in [1.165, 1.54) is 0 Å². The van der Waals surface area contributed by atoms with Gasteiger partial charge in [0, 0.05) is 17.8 Å². The van der Waals surface area contributed by atoms with Crippen LogP contribution in [0.2, 0.25) is 0 Å². The highest BCUT2D eigenvalue weighted by Gasteiger charge is 2.40. The average Bonchev–Trinajstić information content (AvgIpc) is 3.20. The first-order valence-corrected chi connectivity index (χ1v) is 8.71. The topological polar surface area (TPSA) is 58.2 Å². The molecule has 2 rings (SSSR count). The van der Waals surface area contributed by atoms with E-state index in [4.69, 9.17) is 0 Å². The van der Waals surface area contributed by atoms with Gasteiger partial charge in [-0.05, 0) is 63.3 Å². The third kappa shape index (κ3) is 3.73. The Morgan fingerprint density at radius 2 is 1.80 bits per heavy atom. The van der Waals surface area contributed by atoms with Crippen molar-refractivity contribution in [2.24, 2.45) is 5.92 Å². The lowest BCUT2D eigenvalue weighted by molar-refractivity contribution is 0.400. The molecule has 0 radical (unpaired) electrons. The monoisotopic (exact) mass is 296 g/mol. The van der Waals surface area contributed by atoms with Crippen molar-refractivity contribution in [1.29, 1.82) is 0 Å². The summed E-state index contributed by atoms with van der Waals surface area (Å²) < 4.78 is 27.6. The van der Waals surface area contributed by atoms with Gasteiger partial charge in [-0.25, -0.2) is 13.1 Å². The number of hydrogen-bond acceptors (Lipinski definition) is 3. The molecule has 0 aliphatic heterocycles. The van der Waals surface area contributed by atoms with Gasteiger partial charge in [0.1, 0.15) is 0 Å². The summed E-state index contributed by atoms with van der Waals surface area (Å²) in [6.45, 7) is 6.90. The van der Waals surface area contributed by atoms with Crippen molar-refractivity contribution in [2.75, 3.05) is 11.9 Å². The fourth-order valence-corrected chi connectivity index (χ4v) is 3.79. The molecule has 1 aromatic rings. The van der Waals surface area contributed by atoms with Crippen LogP contribution in [0.25, 0.3) is 0 Å². The first-order chi connectivity index (χ1) is 9.35. The highest BCUT2D eigenvalue weighted by atomic mass is 32.2. The van der Waals surface area contributed by atoms with E-state index in [-0.39, 0.29) is 5.54 Å². The summed E-state index contributed by atoms with van der Waals surface area (Å²) in [5.41, 5.74) is 0.588. The van der Waals surface area contributed by atoms with Gasteiger partial charge < -0.3 is 5.32 Å². The highest BCUT2D eigenvalue weighted by molar-refractivity contribution is 7.89. The number of sulfonamides is 1. The van der Waals surface area contributed by atoms with E-state index >= 15 is 0 Å². The highest BCUT2D eigenvalue weighted by Crippen LogP contribution is 2.39. The standard InChI is InChI=1S/C15H24N2O2S/c1-4-11-16-13-7-9-14(10-8-13)20(18,19)17-15(2,3)12-5-6-12/h7-10,12,16-17H,4-6,11H2,1-3H3. The van der Waals surface area contributed by atoms with E-state index in [0.717, 1.165) is 31.5 Å². The van der Waals surface area contributed by atoms with Crippen molar-refractivity contribution in [3.05, 3.63) is 24.3 Å². The second-order valence-corrected chi connectivity index (χ2v) is 7.74. The maximum absolute atomic E-state index is 12.4. The van der Waals surface area contributed by atoms with Crippen molar-refractivity contribution in [1.82, 2.24) is 4.72 Å². The summed E-state index contributed by atoms with van der Waals surface area (Å²) >= 11 is 0. The SMILES string of the molecule is CCCNc1ccc(S(=O)(=O)NC(C)(C)C2CC2)cc1. The molecule has 0 aromatic heterocycles. The average molecular weight is 296 g/mol. The fourth-order valence-electron chi connectivity index (χ4n) is 2.31. The minimum absolute atomic E-state index is 0.327. The van der Waals surface area contributed by atoms with Crippen molar-refractivity contribution >= 4 is 15.7 Å². The molecular weight excluding hydrogens is 272 g/mol. The van der Waals surface area contributed by atoms with Crippen LogP contribution < -0.4 is 10.0 Å². The van der Waals surface area contributed by atoms with Gasteiger partial charge in [-0.1, -0.05) is 6.92 Å². The lowest BCUT2D eigenvalue weighted by atomic mass is 10.0. The quantitative estimate of drug-likeness (QED) is 0.813. The number of nitrogens with one attached hydrogen (secondary N) is 2. The molecule has 0 heterocycles. The molecule has 4 nitrogen and oxygen atoms in total. The Morgan fingerprint density at radius 1 is 1.20 bits per heavy atom. The molecule has 0 atom stereocenters. The van der Waals surface area contributed by atoms with E-state index in [1.807, 2.05) is 26.0 Å². The lowest BCUT2D eigenvalue weighted by Crippen LogP contribution is -2.45. The molecule has 0 spiro atoms. The van der Waals surface area contributed by atoms with Crippen LogP contribution in [-0.4, -0.2) is 20.5 Å². The summed E-state index contributed by atoms with van der Waals surface area (Å²) in [6, 6.07) is 6.94. The molecule has 1 aliphatic carbocycles. The zero-order valence-corrected chi connectivity index (χ0v) is 13.3. The summed E-state index contributed by atoms with van der Waals surface area (Å²) in [5, 5.41) is 3.23. The molecule has 20 heavy (non-hydrogen) atoms. The minimum atomic E-state index is -3.44. The number of anilines is 1. The van der Waals surface area contributed by atoms with Gasteiger partial charge in [0.25, 0.3) is 0 Å². The minimum Gasteiger partial charge on any atom is -0.385 e. The normalized spacial score (nSPS) is 16.1. The fraction of sp³-hybridized carbons (Fsp3) is 0.600. The molecule has 1 aliphatic rings. The number of rotatable bonds is 7. The van der Waals surface area contributed by atoms with E-state index in [0.29, 0.717) is 10.8 Å². The molecule has 1 fully saturated rings. The first kappa shape index (κ1) is 15.3. The predicted octanol–water partition coefficient (Wildman–Crippen LogP) is 2.98. The zero-order chi connectivity index (χ0) is 14.8. The Hall–Kier alpha value is -1.07. The Balaban J connectivity index is 2.09. The van der Waals surface area contributed by atoms with E-state index in [2.05, 4.69) is 17.0 Å². The third-order valence-electron chi connectivity index (χ3n) is 3.74. The van der Waals surface area contributed by atoms with E-state index in [1.54, 1.807) is 12.1 Å². The van der Waals surface area contributed by atoms with Crippen LogP contribution in [0.1, 0.15) is 40.0 Å². The lowest BCUT2D eigenvalue weighted by Gasteiger charge is -2.25. The second-order valence-electron chi connectivity index (χ2n) is 6.05. The van der Waals surface area contributed by atoms with Gasteiger partial charge in [0.2, 0.25) is 10.0 Å². The van der Waals surface area contributed by atoms with E-state index in [9.17, 15) is 8.42 Å². The summed E-state index contributed by atoms with van der Waals surface area (Å²) in [6.07, 6.45) is 3.25. The van der Waals surface area contributed by atoms with E-state index < -0.39 is 10.0 Å². The van der Waals surface area contributed by atoms with Gasteiger partial charge in [0.05, 0.1) is 4.90 Å². The van der Waals surface area contributed by atoms with Crippen molar-refractivity contribution in [3.8, 4) is 0 Å². The Bertz CT molecular complexity index is 546. The maximum atomic E-state index is 12.4. The first-order valence-electron chi connectivity index (χ1n) is 7.23. The Labute approximate surface area is 122 Å². The van der Waals surface area contributed by atoms with Crippen LogP contribution in [0.3, 0.4) is 0 Å². The zero-order valence-electron chi connectivity index (χ0n) is 12.4. The molecule has 0 saturated heterocycles. The van der Waals surface area contributed by atoms with Crippen molar-refractivity contribution in [2.45, 2.75) is 50.5 Å². The van der Waals surface area contributed by atoms with Crippen molar-refractivity contribution in [3.63, 3.8) is 0 Å². The van der Waals surface area contributed by atoms with Gasteiger partial charge in [0.15, 0.2) is 0 Å². The van der Waals surface area contributed by atoms with Gasteiger partial charge >= 0.3 is 0 Å². The Kier molecular flexibility index (Phi) is 4.39. The largest absolute Gasteiger partial charge is 0.385 e. The number of benzene rings is 1. The molecule has 2 N–H and O–H groups in total. The van der Waals surface area contributed by atoms with Gasteiger partial charge in [-0.2, -0.15) is 0 Å². The van der Waals surface area contributed by atoms with Crippen LogP contribution in [0.4, 0.5) is 5.69 Å². The maximum Gasteiger partial charge on any atom is 0.241 e. The number of hydrogen-bond donors (Lipinski definition) is 2. The summed E-state index contributed by atoms with van der Waals surface area (Å²) in [4.78, 5) is 0.327. The van der Waals surface area contributed by atoms with Gasteiger partial charge in [-0.15, -0.1) is 0 Å². The predicted molar refractivity (Wildman–Crippen MR) is 82.3 cm³/mol. The van der Waals surface area contributed by atoms with Crippen LogP contribution in [0, 0.1) is 5.92 Å². The summed E-state index contributed by atoms with van der Waals surface area (Å²) in [5.74, 6) is 0.461. The molecule has 0 bridgehead atoms. The molecular formula is C15H24N2O2S. The third-order valence-corrected chi connectivity index (χ3v) is 5.43. The Morgan fingerprint density at radius 3 is 2.30 bits per heavy atom. The van der Waals surface area contributed by atoms with Crippen molar-refractivity contribution < 1.29 is 8.42 Å². The summed E-state index contributed by atoms with van der Waals surface area (Å²) in [7, 11) is -3.44. The molecule has 112 valence electrons.